The number of rotatable bonds is 5. The third-order valence-electron chi connectivity index (χ3n) is 4.63. The number of hydrogen-bond donors (Lipinski definition) is 1. The van der Waals surface area contributed by atoms with Crippen molar-refractivity contribution < 1.29 is 0 Å². The quantitative estimate of drug-likeness (QED) is 0.892. The van der Waals surface area contributed by atoms with E-state index in [1.807, 2.05) is 11.7 Å². The minimum absolute atomic E-state index is 0.700. The zero-order valence-corrected chi connectivity index (χ0v) is 14.7. The van der Waals surface area contributed by atoms with Crippen molar-refractivity contribution in [1.82, 2.24) is 20.0 Å². The van der Waals surface area contributed by atoms with Crippen molar-refractivity contribution in [1.29, 1.82) is 0 Å². The molecule has 1 aliphatic carbocycles. The average molecular weight is 343 g/mol. The first-order chi connectivity index (χ1) is 9.56. The first kappa shape index (κ1) is 16.0. The van der Waals surface area contributed by atoms with Crippen molar-refractivity contribution in [2.75, 3.05) is 14.1 Å². The summed E-state index contributed by atoms with van der Waals surface area (Å²) >= 11 is 3.72. The van der Waals surface area contributed by atoms with Crippen LogP contribution in [-0.4, -0.2) is 40.9 Å². The van der Waals surface area contributed by atoms with Gasteiger partial charge in [-0.05, 0) is 62.1 Å². The number of aryl methyl sites for hydroxylation is 2. The second-order valence-electron chi connectivity index (χ2n) is 5.89. The molecule has 1 N–H and O–H groups in total. The summed E-state index contributed by atoms with van der Waals surface area (Å²) in [6.07, 6.45) is 6.14. The van der Waals surface area contributed by atoms with Gasteiger partial charge in [0.25, 0.3) is 0 Å². The van der Waals surface area contributed by atoms with E-state index in [0.29, 0.717) is 6.04 Å². The van der Waals surface area contributed by atoms with Gasteiger partial charge in [0.2, 0.25) is 0 Å². The smallest absolute Gasteiger partial charge is 0.0767 e. The Hall–Kier alpha value is -0.390. The summed E-state index contributed by atoms with van der Waals surface area (Å²) < 4.78 is 3.22. The predicted octanol–water partition coefficient (Wildman–Crippen LogP) is 2.71. The lowest BCUT2D eigenvalue weighted by Crippen LogP contribution is -2.39. The second-order valence-corrected chi connectivity index (χ2v) is 6.69. The molecule has 1 fully saturated rings. The van der Waals surface area contributed by atoms with Gasteiger partial charge in [0.1, 0.15) is 0 Å². The Morgan fingerprint density at radius 3 is 2.50 bits per heavy atom. The molecule has 1 aliphatic rings. The predicted molar refractivity (Wildman–Crippen MR) is 86.9 cm³/mol. The lowest BCUT2D eigenvalue weighted by Gasteiger charge is -2.34. The zero-order chi connectivity index (χ0) is 14.7. The van der Waals surface area contributed by atoms with Crippen molar-refractivity contribution in [3.63, 3.8) is 0 Å². The van der Waals surface area contributed by atoms with Gasteiger partial charge in [-0.1, -0.05) is 6.92 Å². The fourth-order valence-corrected chi connectivity index (χ4v) is 3.90. The van der Waals surface area contributed by atoms with E-state index in [2.05, 4.69) is 52.3 Å². The highest BCUT2D eigenvalue weighted by molar-refractivity contribution is 9.10. The molecule has 0 aliphatic heterocycles. The molecule has 0 atom stereocenters. The summed E-state index contributed by atoms with van der Waals surface area (Å²) in [6, 6.07) is 1.42. The minimum atomic E-state index is 0.700. The molecular formula is C15H27BrN4. The number of nitrogens with one attached hydrogen (secondary N) is 1. The highest BCUT2D eigenvalue weighted by Gasteiger charge is 2.24. The maximum absolute atomic E-state index is 4.59. The molecule has 5 heteroatoms. The van der Waals surface area contributed by atoms with Crippen LogP contribution in [0.25, 0.3) is 0 Å². The molecule has 0 unspecified atom stereocenters. The summed E-state index contributed by atoms with van der Waals surface area (Å²) in [6.45, 7) is 3.12. The van der Waals surface area contributed by atoms with E-state index in [0.717, 1.165) is 24.7 Å². The van der Waals surface area contributed by atoms with Crippen LogP contribution >= 0.6 is 15.9 Å². The minimum Gasteiger partial charge on any atom is -0.317 e. The summed E-state index contributed by atoms with van der Waals surface area (Å²) in [4.78, 5) is 2.49. The van der Waals surface area contributed by atoms with Gasteiger partial charge < -0.3 is 5.32 Å². The van der Waals surface area contributed by atoms with Crippen LogP contribution in [0, 0.1) is 0 Å². The SMILES string of the molecule is CCc1nn(C)c(CN(C)C2CCC(NC)CC2)c1Br. The van der Waals surface area contributed by atoms with Crippen LogP contribution in [0.2, 0.25) is 0 Å². The molecule has 114 valence electrons. The van der Waals surface area contributed by atoms with Crippen LogP contribution in [0.3, 0.4) is 0 Å². The standard InChI is InChI=1S/C15H27BrN4/c1-5-13-15(16)14(20(4)18-13)10-19(3)12-8-6-11(17-2)7-9-12/h11-12,17H,5-10H2,1-4H3. The first-order valence-corrected chi connectivity index (χ1v) is 8.43. The molecular weight excluding hydrogens is 316 g/mol. The molecule has 0 amide bonds. The summed E-state index contributed by atoms with van der Waals surface area (Å²) in [5.41, 5.74) is 2.45. The van der Waals surface area contributed by atoms with Crippen LogP contribution in [0.15, 0.2) is 4.47 Å². The van der Waals surface area contributed by atoms with E-state index in [9.17, 15) is 0 Å². The molecule has 0 bridgehead atoms. The van der Waals surface area contributed by atoms with Crippen molar-refractivity contribution in [3.8, 4) is 0 Å². The fourth-order valence-electron chi connectivity index (χ4n) is 3.16. The van der Waals surface area contributed by atoms with Gasteiger partial charge in [-0.15, -0.1) is 0 Å². The van der Waals surface area contributed by atoms with Crippen molar-refractivity contribution in [3.05, 3.63) is 15.9 Å². The Morgan fingerprint density at radius 1 is 1.35 bits per heavy atom. The normalized spacial score (nSPS) is 23.5. The molecule has 20 heavy (non-hydrogen) atoms. The van der Waals surface area contributed by atoms with Gasteiger partial charge >= 0.3 is 0 Å². The largest absolute Gasteiger partial charge is 0.317 e. The van der Waals surface area contributed by atoms with Crippen LogP contribution in [0.5, 0.6) is 0 Å². The molecule has 0 aromatic carbocycles. The van der Waals surface area contributed by atoms with E-state index >= 15 is 0 Å². The lowest BCUT2D eigenvalue weighted by atomic mass is 9.90. The van der Waals surface area contributed by atoms with Crippen LogP contribution in [0.1, 0.15) is 44.0 Å². The van der Waals surface area contributed by atoms with Crippen LogP contribution < -0.4 is 5.32 Å². The molecule has 2 rings (SSSR count). The van der Waals surface area contributed by atoms with Gasteiger partial charge in [0.15, 0.2) is 0 Å². The number of aromatic nitrogens is 2. The van der Waals surface area contributed by atoms with Gasteiger partial charge in [-0.2, -0.15) is 5.10 Å². The Kier molecular flexibility index (Phi) is 5.64. The van der Waals surface area contributed by atoms with Gasteiger partial charge in [-0.25, -0.2) is 0 Å². The molecule has 0 spiro atoms. The molecule has 0 saturated heterocycles. The van der Waals surface area contributed by atoms with Crippen molar-refractivity contribution in [2.24, 2.45) is 7.05 Å². The summed E-state index contributed by atoms with van der Waals surface area (Å²) in [5, 5.41) is 7.99. The average Bonchev–Trinajstić information content (AvgIpc) is 2.74. The van der Waals surface area contributed by atoms with E-state index < -0.39 is 0 Å². The highest BCUT2D eigenvalue weighted by Crippen LogP contribution is 2.27. The van der Waals surface area contributed by atoms with Crippen molar-refractivity contribution >= 4 is 15.9 Å². The Balaban J connectivity index is 1.98. The van der Waals surface area contributed by atoms with E-state index in [1.54, 1.807) is 0 Å². The number of nitrogens with zero attached hydrogens (tertiary/aromatic N) is 3. The maximum atomic E-state index is 4.59. The Labute approximate surface area is 131 Å². The van der Waals surface area contributed by atoms with Crippen molar-refractivity contribution in [2.45, 2.75) is 57.7 Å². The fraction of sp³-hybridized carbons (Fsp3) is 0.800. The number of hydrogen-bond acceptors (Lipinski definition) is 3. The Bertz CT molecular complexity index is 435. The summed E-state index contributed by atoms with van der Waals surface area (Å²) in [7, 11) is 6.37. The van der Waals surface area contributed by atoms with E-state index in [1.165, 1.54) is 35.8 Å². The monoisotopic (exact) mass is 342 g/mol. The molecule has 0 radical (unpaired) electrons. The molecule has 1 aromatic heterocycles. The van der Waals surface area contributed by atoms with Gasteiger partial charge in [0, 0.05) is 25.7 Å². The molecule has 1 heterocycles. The zero-order valence-electron chi connectivity index (χ0n) is 13.1. The van der Waals surface area contributed by atoms with E-state index in [-0.39, 0.29) is 0 Å². The van der Waals surface area contributed by atoms with Gasteiger partial charge in [-0.3, -0.25) is 9.58 Å². The number of halogens is 1. The third-order valence-corrected chi connectivity index (χ3v) is 5.55. The lowest BCUT2D eigenvalue weighted by molar-refractivity contribution is 0.166. The van der Waals surface area contributed by atoms with Crippen LogP contribution in [0.4, 0.5) is 0 Å². The maximum Gasteiger partial charge on any atom is 0.0767 e. The van der Waals surface area contributed by atoms with Crippen LogP contribution in [-0.2, 0) is 20.0 Å². The summed E-state index contributed by atoms with van der Waals surface area (Å²) in [5.74, 6) is 0. The topological polar surface area (TPSA) is 33.1 Å². The Morgan fingerprint density at radius 2 is 2.00 bits per heavy atom. The molecule has 4 nitrogen and oxygen atoms in total. The third kappa shape index (κ3) is 3.43. The van der Waals surface area contributed by atoms with E-state index in [4.69, 9.17) is 0 Å². The second kappa shape index (κ2) is 7.05. The van der Waals surface area contributed by atoms with Gasteiger partial charge in [0.05, 0.1) is 15.9 Å². The first-order valence-electron chi connectivity index (χ1n) is 7.64. The molecule has 1 saturated carbocycles. The molecule has 1 aromatic rings. The highest BCUT2D eigenvalue weighted by atomic mass is 79.9.